The van der Waals surface area contributed by atoms with Gasteiger partial charge in [-0.25, -0.2) is 31.9 Å². The van der Waals surface area contributed by atoms with Gasteiger partial charge in [0.1, 0.15) is 23.0 Å². The second-order valence-corrected chi connectivity index (χ2v) is 9.85. The zero-order valence-electron chi connectivity index (χ0n) is 18.9. The Morgan fingerprint density at radius 1 is 1.00 bits per heavy atom. The summed E-state index contributed by atoms with van der Waals surface area (Å²) >= 11 is 0. The van der Waals surface area contributed by atoms with Crippen LogP contribution >= 0.6 is 0 Å². The van der Waals surface area contributed by atoms with Crippen LogP contribution in [0.5, 0.6) is 0 Å². The van der Waals surface area contributed by atoms with E-state index in [-0.39, 0.29) is 6.54 Å². The molecule has 4 rings (SSSR count). The molecule has 0 bridgehead atoms. The van der Waals surface area contributed by atoms with Crippen molar-refractivity contribution in [2.75, 3.05) is 12.3 Å². The number of sulfonamides is 1. The molecule has 0 aliphatic rings. The molecule has 0 aliphatic carbocycles. The van der Waals surface area contributed by atoms with E-state index in [1.54, 1.807) is 0 Å². The van der Waals surface area contributed by atoms with Crippen LogP contribution in [-0.2, 0) is 23.0 Å². The molecule has 10 heteroatoms. The van der Waals surface area contributed by atoms with Gasteiger partial charge in [0, 0.05) is 24.9 Å². The number of para-hydroxylation sites is 1. The Kier molecular flexibility index (Phi) is 7.08. The lowest BCUT2D eigenvalue weighted by atomic mass is 10.2. The number of unbranched alkanes of at least 4 members (excludes halogenated alkanes) is 2. The first-order chi connectivity index (χ1) is 16.3. The maximum Gasteiger partial charge on any atom is 0.246 e. The molecule has 0 radical (unpaired) electrons. The van der Waals surface area contributed by atoms with E-state index in [9.17, 15) is 17.2 Å². The number of anilines is 1. The Bertz CT molecular complexity index is 1420. The third-order valence-electron chi connectivity index (χ3n) is 5.73. The predicted molar refractivity (Wildman–Crippen MR) is 129 cm³/mol. The molecular weight excluding hydrogens is 460 g/mol. The Labute approximate surface area is 197 Å². The highest BCUT2D eigenvalue weighted by molar-refractivity contribution is 7.89. The lowest BCUT2D eigenvalue weighted by Crippen LogP contribution is -2.27. The minimum absolute atomic E-state index is 0.0530. The van der Waals surface area contributed by atoms with Crippen LogP contribution in [0, 0.1) is 11.6 Å². The average Bonchev–Trinajstić information content (AvgIpc) is 3.16. The van der Waals surface area contributed by atoms with Crippen LogP contribution < -0.4 is 10.5 Å². The summed E-state index contributed by atoms with van der Waals surface area (Å²) in [5.74, 6) is -0.937. The van der Waals surface area contributed by atoms with Crippen molar-refractivity contribution in [1.82, 2.24) is 19.3 Å². The van der Waals surface area contributed by atoms with Gasteiger partial charge < -0.3 is 10.3 Å². The van der Waals surface area contributed by atoms with Crippen LogP contribution in [0.1, 0.15) is 38.4 Å². The summed E-state index contributed by atoms with van der Waals surface area (Å²) in [6.45, 7) is 2.76. The van der Waals surface area contributed by atoms with Crippen LogP contribution in [0.25, 0.3) is 21.9 Å². The van der Waals surface area contributed by atoms with Crippen molar-refractivity contribution in [1.29, 1.82) is 0 Å². The minimum Gasteiger partial charge on any atom is -0.382 e. The van der Waals surface area contributed by atoms with Gasteiger partial charge in [0.15, 0.2) is 10.7 Å². The van der Waals surface area contributed by atoms with Crippen molar-refractivity contribution in [2.45, 2.75) is 50.5 Å². The molecule has 0 fully saturated rings. The molecular formula is C24H27F2N5O2S. The largest absolute Gasteiger partial charge is 0.382 e. The summed E-state index contributed by atoms with van der Waals surface area (Å²) in [5.41, 5.74) is 8.59. The van der Waals surface area contributed by atoms with Crippen LogP contribution in [0.2, 0.25) is 0 Å². The van der Waals surface area contributed by atoms with Gasteiger partial charge >= 0.3 is 0 Å². The molecule has 4 aromatic rings. The number of pyridine rings is 1. The Morgan fingerprint density at radius 2 is 1.74 bits per heavy atom. The van der Waals surface area contributed by atoms with Crippen LogP contribution in [0.4, 0.5) is 14.6 Å². The van der Waals surface area contributed by atoms with E-state index >= 15 is 0 Å². The average molecular weight is 488 g/mol. The van der Waals surface area contributed by atoms with Crippen molar-refractivity contribution >= 4 is 37.8 Å². The molecule has 2 aromatic carbocycles. The number of nitrogen functional groups attached to an aromatic ring is 1. The first-order valence-corrected chi connectivity index (χ1v) is 12.8. The first-order valence-electron chi connectivity index (χ1n) is 11.3. The molecule has 0 aliphatic heterocycles. The third-order valence-corrected chi connectivity index (χ3v) is 7.24. The number of benzene rings is 2. The fourth-order valence-corrected chi connectivity index (χ4v) is 5.29. The van der Waals surface area contributed by atoms with E-state index in [2.05, 4.69) is 21.2 Å². The number of halogens is 2. The van der Waals surface area contributed by atoms with E-state index in [0.29, 0.717) is 30.7 Å². The SMILES string of the molecule is CCCCc1nc2c(N)nc3ccccc3c2n1CCCCNS(=O)(=O)c1c(F)cccc1F. The highest BCUT2D eigenvalue weighted by Crippen LogP contribution is 2.29. The number of aromatic nitrogens is 3. The number of imidazole rings is 1. The summed E-state index contributed by atoms with van der Waals surface area (Å²) in [6.07, 6.45) is 3.89. The Balaban J connectivity index is 1.53. The molecule has 180 valence electrons. The number of nitrogens with zero attached hydrogens (tertiary/aromatic N) is 3. The van der Waals surface area contributed by atoms with E-state index in [0.717, 1.165) is 59.7 Å². The quantitative estimate of drug-likeness (QED) is 0.320. The highest BCUT2D eigenvalue weighted by Gasteiger charge is 2.23. The molecule has 0 spiro atoms. The monoisotopic (exact) mass is 487 g/mol. The summed E-state index contributed by atoms with van der Waals surface area (Å²) < 4.78 is 56.9. The molecule has 2 heterocycles. The summed E-state index contributed by atoms with van der Waals surface area (Å²) in [6, 6.07) is 10.7. The van der Waals surface area contributed by atoms with Gasteiger partial charge in [-0.1, -0.05) is 37.6 Å². The molecule has 0 saturated carbocycles. The van der Waals surface area contributed by atoms with Crippen molar-refractivity contribution in [2.24, 2.45) is 0 Å². The molecule has 0 amide bonds. The molecule has 0 saturated heterocycles. The van der Waals surface area contributed by atoms with Gasteiger partial charge in [0.05, 0.1) is 11.0 Å². The summed E-state index contributed by atoms with van der Waals surface area (Å²) in [7, 11) is -4.29. The highest BCUT2D eigenvalue weighted by atomic mass is 32.2. The third kappa shape index (κ3) is 4.74. The molecule has 0 unspecified atom stereocenters. The second kappa shape index (κ2) is 10.0. The second-order valence-electron chi connectivity index (χ2n) is 8.15. The molecule has 34 heavy (non-hydrogen) atoms. The number of aryl methyl sites for hydroxylation is 2. The van der Waals surface area contributed by atoms with Crippen molar-refractivity contribution in [3.63, 3.8) is 0 Å². The Morgan fingerprint density at radius 3 is 2.47 bits per heavy atom. The van der Waals surface area contributed by atoms with E-state index < -0.39 is 26.6 Å². The lowest BCUT2D eigenvalue weighted by Gasteiger charge is -2.12. The summed E-state index contributed by atoms with van der Waals surface area (Å²) in [4.78, 5) is 8.31. The molecule has 3 N–H and O–H groups in total. The van der Waals surface area contributed by atoms with Crippen molar-refractivity contribution in [3.05, 3.63) is 59.9 Å². The number of fused-ring (bicyclic) bond motifs is 3. The predicted octanol–water partition coefficient (Wildman–Crippen LogP) is 4.55. The van der Waals surface area contributed by atoms with Gasteiger partial charge in [0.25, 0.3) is 0 Å². The van der Waals surface area contributed by atoms with E-state index in [1.165, 1.54) is 0 Å². The molecule has 0 atom stereocenters. The zero-order chi connectivity index (χ0) is 24.3. The standard InChI is InChI=1S/C24H27F2N5O2S/c1-2-3-13-20-30-21-22(16-9-4-5-12-19(16)29-24(21)27)31(20)15-7-6-14-28-34(32,33)23-17(25)10-8-11-18(23)26/h4-5,8-12,28H,2-3,6-7,13-15H2,1H3,(H2,27,29). The maximum atomic E-state index is 13.9. The number of hydrogen-bond acceptors (Lipinski definition) is 5. The van der Waals surface area contributed by atoms with Crippen molar-refractivity contribution < 1.29 is 17.2 Å². The van der Waals surface area contributed by atoms with Crippen molar-refractivity contribution in [3.8, 4) is 0 Å². The Hall–Kier alpha value is -3.11. The normalized spacial score (nSPS) is 12.1. The molecule has 2 aromatic heterocycles. The van der Waals surface area contributed by atoms with Gasteiger partial charge in [-0.3, -0.25) is 0 Å². The van der Waals surface area contributed by atoms with Gasteiger partial charge in [-0.15, -0.1) is 0 Å². The molecule has 7 nitrogen and oxygen atoms in total. The van der Waals surface area contributed by atoms with Gasteiger partial charge in [0.2, 0.25) is 10.0 Å². The van der Waals surface area contributed by atoms with Crippen LogP contribution in [0.15, 0.2) is 47.4 Å². The van der Waals surface area contributed by atoms with Crippen LogP contribution in [0.3, 0.4) is 0 Å². The fourth-order valence-electron chi connectivity index (χ4n) is 4.08. The first kappa shape index (κ1) is 24.0. The lowest BCUT2D eigenvalue weighted by molar-refractivity contribution is 0.511. The smallest absolute Gasteiger partial charge is 0.246 e. The van der Waals surface area contributed by atoms with Crippen LogP contribution in [-0.4, -0.2) is 29.5 Å². The number of hydrogen-bond donors (Lipinski definition) is 2. The topological polar surface area (TPSA) is 103 Å². The van der Waals surface area contributed by atoms with E-state index in [1.807, 2.05) is 24.3 Å². The van der Waals surface area contributed by atoms with Gasteiger partial charge in [-0.05, 0) is 37.5 Å². The summed E-state index contributed by atoms with van der Waals surface area (Å²) in [5, 5.41) is 0.956. The van der Waals surface area contributed by atoms with E-state index in [4.69, 9.17) is 10.7 Å². The maximum absolute atomic E-state index is 13.9. The fraction of sp³-hybridized carbons (Fsp3) is 0.333. The number of rotatable bonds is 10. The van der Waals surface area contributed by atoms with Gasteiger partial charge in [-0.2, -0.15) is 0 Å². The number of nitrogens with one attached hydrogen (secondary N) is 1. The minimum atomic E-state index is -4.29. The number of nitrogens with two attached hydrogens (primary N) is 1. The zero-order valence-corrected chi connectivity index (χ0v) is 19.7.